The van der Waals surface area contributed by atoms with Gasteiger partial charge in [-0.05, 0) is 43.0 Å². The molecule has 2 aromatic rings. The van der Waals surface area contributed by atoms with Crippen LogP contribution in [0.2, 0.25) is 0 Å². The third-order valence-corrected chi connectivity index (χ3v) is 3.78. The highest BCUT2D eigenvalue weighted by Gasteiger charge is 2.01. The Morgan fingerprint density at radius 2 is 1.72 bits per heavy atom. The first kappa shape index (κ1) is 18.5. The summed E-state index contributed by atoms with van der Waals surface area (Å²) in [5, 5.41) is 6.60. The molecule has 0 atom stereocenters. The van der Waals surface area contributed by atoms with Crippen molar-refractivity contribution in [3.63, 3.8) is 0 Å². The molecule has 0 fully saturated rings. The van der Waals surface area contributed by atoms with E-state index in [2.05, 4.69) is 39.9 Å². The minimum Gasteiger partial charge on any atom is -0.366 e. The minimum atomic E-state index is -0.413. The van der Waals surface area contributed by atoms with Crippen molar-refractivity contribution in [1.82, 2.24) is 10.6 Å². The zero-order valence-electron chi connectivity index (χ0n) is 14.7. The second-order valence-corrected chi connectivity index (χ2v) is 5.77. The molecule has 5 nitrogen and oxygen atoms in total. The highest BCUT2D eigenvalue weighted by atomic mass is 16.1. The summed E-state index contributed by atoms with van der Waals surface area (Å²) in [4.78, 5) is 15.7. The van der Waals surface area contributed by atoms with Crippen molar-refractivity contribution in [3.8, 4) is 0 Å². The number of guanidine groups is 1. The van der Waals surface area contributed by atoms with Gasteiger partial charge in [0.1, 0.15) is 0 Å². The molecule has 0 saturated heterocycles. The van der Waals surface area contributed by atoms with Gasteiger partial charge in [-0.3, -0.25) is 4.79 Å². The average Bonchev–Trinajstić information content (AvgIpc) is 2.64. The van der Waals surface area contributed by atoms with E-state index >= 15 is 0 Å². The molecule has 0 bridgehead atoms. The van der Waals surface area contributed by atoms with Crippen molar-refractivity contribution in [2.24, 2.45) is 10.7 Å². The van der Waals surface area contributed by atoms with Crippen LogP contribution >= 0.6 is 0 Å². The Hall–Kier alpha value is -2.82. The molecule has 0 spiro atoms. The first-order valence-corrected chi connectivity index (χ1v) is 8.64. The van der Waals surface area contributed by atoms with Crippen LogP contribution in [0.4, 0.5) is 0 Å². The van der Waals surface area contributed by atoms with E-state index in [-0.39, 0.29) is 0 Å². The second kappa shape index (κ2) is 10.1. The number of nitrogens with zero attached hydrogens (tertiary/aromatic N) is 1. The molecule has 25 heavy (non-hydrogen) atoms. The van der Waals surface area contributed by atoms with E-state index in [1.807, 2.05) is 25.1 Å². The van der Waals surface area contributed by atoms with Crippen molar-refractivity contribution in [3.05, 3.63) is 71.3 Å². The van der Waals surface area contributed by atoms with Gasteiger partial charge in [-0.2, -0.15) is 0 Å². The highest BCUT2D eigenvalue weighted by molar-refractivity contribution is 5.92. The molecular weight excluding hydrogens is 312 g/mol. The number of primary amides is 1. The molecule has 5 heteroatoms. The summed E-state index contributed by atoms with van der Waals surface area (Å²) in [6, 6.07) is 17.7. The summed E-state index contributed by atoms with van der Waals surface area (Å²) in [7, 11) is 0. The number of hydrogen-bond acceptors (Lipinski definition) is 2. The van der Waals surface area contributed by atoms with Gasteiger partial charge >= 0.3 is 0 Å². The van der Waals surface area contributed by atoms with E-state index < -0.39 is 5.91 Å². The van der Waals surface area contributed by atoms with Crippen molar-refractivity contribution >= 4 is 11.9 Å². The number of amides is 1. The third kappa shape index (κ3) is 6.67. The van der Waals surface area contributed by atoms with Crippen LogP contribution in [0.25, 0.3) is 0 Å². The number of rotatable bonds is 8. The van der Waals surface area contributed by atoms with E-state index in [1.165, 1.54) is 5.56 Å². The van der Waals surface area contributed by atoms with E-state index in [4.69, 9.17) is 5.73 Å². The van der Waals surface area contributed by atoms with Gasteiger partial charge in [0.2, 0.25) is 5.91 Å². The van der Waals surface area contributed by atoms with Crippen LogP contribution in [-0.4, -0.2) is 25.0 Å². The van der Waals surface area contributed by atoms with Gasteiger partial charge in [0, 0.05) is 18.7 Å². The van der Waals surface area contributed by atoms with Crippen molar-refractivity contribution in [2.45, 2.75) is 26.3 Å². The number of nitrogens with two attached hydrogens (primary N) is 1. The minimum absolute atomic E-state index is 0.413. The van der Waals surface area contributed by atoms with E-state index in [9.17, 15) is 4.79 Å². The molecule has 4 N–H and O–H groups in total. The maximum absolute atomic E-state index is 11.1. The zero-order valence-corrected chi connectivity index (χ0v) is 14.7. The van der Waals surface area contributed by atoms with Crippen LogP contribution < -0.4 is 16.4 Å². The molecule has 132 valence electrons. The predicted octanol–water partition coefficient (Wildman–Crippen LogP) is 2.47. The standard InChI is InChI=1S/C20H26N4O/c1-2-22-20(23-14-6-9-16-7-4-3-5-8-16)24-15-17-10-12-18(13-11-17)19(21)25/h3-5,7-8,10-13H,2,6,9,14-15H2,1H3,(H2,21,25)(H2,22,23,24). The molecule has 0 aliphatic rings. The summed E-state index contributed by atoms with van der Waals surface area (Å²) < 4.78 is 0. The average molecular weight is 338 g/mol. The van der Waals surface area contributed by atoms with E-state index in [1.54, 1.807) is 12.1 Å². The molecule has 0 saturated carbocycles. The number of carbonyl (C=O) groups is 1. The number of hydrogen-bond donors (Lipinski definition) is 3. The Bertz CT molecular complexity index is 681. The van der Waals surface area contributed by atoms with E-state index in [0.29, 0.717) is 12.1 Å². The topological polar surface area (TPSA) is 79.5 Å². The quantitative estimate of drug-likeness (QED) is 0.393. The molecule has 0 aliphatic heterocycles. The Kier molecular flexibility index (Phi) is 7.50. The molecule has 0 unspecified atom stereocenters. The summed E-state index contributed by atoms with van der Waals surface area (Å²) in [6.45, 7) is 4.27. The SMILES string of the molecule is CCNC(=NCc1ccc(C(N)=O)cc1)NCCCc1ccccc1. The van der Waals surface area contributed by atoms with Crippen LogP contribution in [0.3, 0.4) is 0 Å². The molecule has 0 radical (unpaired) electrons. The van der Waals surface area contributed by atoms with Crippen LogP contribution in [0.15, 0.2) is 59.6 Å². The molecular formula is C20H26N4O. The number of nitrogens with one attached hydrogen (secondary N) is 2. The zero-order chi connectivity index (χ0) is 17.9. The summed E-state index contributed by atoms with van der Waals surface area (Å²) in [5.74, 6) is 0.387. The lowest BCUT2D eigenvalue weighted by Gasteiger charge is -2.11. The smallest absolute Gasteiger partial charge is 0.248 e. The molecule has 0 heterocycles. The molecule has 0 aliphatic carbocycles. The van der Waals surface area contributed by atoms with Gasteiger partial charge in [-0.15, -0.1) is 0 Å². The number of benzene rings is 2. The van der Waals surface area contributed by atoms with Crippen LogP contribution in [0.5, 0.6) is 0 Å². The molecule has 1 amide bonds. The first-order valence-electron chi connectivity index (χ1n) is 8.64. The number of aliphatic imine (C=N–C) groups is 1. The van der Waals surface area contributed by atoms with Gasteiger partial charge < -0.3 is 16.4 Å². The fourth-order valence-corrected chi connectivity index (χ4v) is 2.43. The third-order valence-electron chi connectivity index (χ3n) is 3.78. The maximum atomic E-state index is 11.1. The van der Waals surface area contributed by atoms with Crippen LogP contribution in [-0.2, 0) is 13.0 Å². The lowest BCUT2D eigenvalue weighted by molar-refractivity contribution is 0.100. The predicted molar refractivity (Wildman–Crippen MR) is 103 cm³/mol. The first-order chi connectivity index (χ1) is 12.2. The largest absolute Gasteiger partial charge is 0.366 e. The van der Waals surface area contributed by atoms with Crippen molar-refractivity contribution in [2.75, 3.05) is 13.1 Å². The second-order valence-electron chi connectivity index (χ2n) is 5.77. The summed E-state index contributed by atoms with van der Waals surface area (Å²) in [6.07, 6.45) is 2.09. The fraction of sp³-hybridized carbons (Fsp3) is 0.300. The highest BCUT2D eigenvalue weighted by Crippen LogP contribution is 2.05. The number of carbonyl (C=O) groups excluding carboxylic acids is 1. The normalized spacial score (nSPS) is 11.2. The number of aryl methyl sites for hydroxylation is 1. The monoisotopic (exact) mass is 338 g/mol. The van der Waals surface area contributed by atoms with Gasteiger partial charge in [0.15, 0.2) is 5.96 Å². The summed E-state index contributed by atoms with van der Waals surface area (Å²) >= 11 is 0. The fourth-order valence-electron chi connectivity index (χ4n) is 2.43. The Balaban J connectivity index is 1.82. The van der Waals surface area contributed by atoms with Gasteiger partial charge in [0.05, 0.1) is 6.54 Å². The molecule has 0 aromatic heterocycles. The Morgan fingerprint density at radius 1 is 1.00 bits per heavy atom. The van der Waals surface area contributed by atoms with Gasteiger partial charge in [-0.25, -0.2) is 4.99 Å². The van der Waals surface area contributed by atoms with Crippen molar-refractivity contribution in [1.29, 1.82) is 0 Å². The van der Waals surface area contributed by atoms with Crippen molar-refractivity contribution < 1.29 is 4.79 Å². The Morgan fingerprint density at radius 3 is 2.36 bits per heavy atom. The molecule has 2 rings (SSSR count). The van der Waals surface area contributed by atoms with Crippen LogP contribution in [0, 0.1) is 0 Å². The summed E-state index contributed by atoms with van der Waals surface area (Å²) in [5.41, 5.74) is 8.14. The molecule has 2 aromatic carbocycles. The van der Waals surface area contributed by atoms with Gasteiger partial charge in [-0.1, -0.05) is 42.5 Å². The van der Waals surface area contributed by atoms with Gasteiger partial charge in [0.25, 0.3) is 0 Å². The maximum Gasteiger partial charge on any atom is 0.248 e. The lowest BCUT2D eigenvalue weighted by Crippen LogP contribution is -2.37. The van der Waals surface area contributed by atoms with Crippen LogP contribution in [0.1, 0.15) is 34.8 Å². The van der Waals surface area contributed by atoms with E-state index in [0.717, 1.165) is 37.5 Å². The lowest BCUT2D eigenvalue weighted by atomic mass is 10.1. The Labute approximate surface area is 149 Å².